The smallest absolute Gasteiger partial charge is 0.407 e. The van der Waals surface area contributed by atoms with Gasteiger partial charge in [-0.15, -0.1) is 0 Å². The lowest BCUT2D eigenvalue weighted by atomic mass is 10.0. The average Bonchev–Trinajstić information content (AvgIpc) is 3.57. The first-order chi connectivity index (χ1) is 18.5. The third-order valence-corrected chi connectivity index (χ3v) is 8.73. The summed E-state index contributed by atoms with van der Waals surface area (Å²) in [5.74, 6) is -0.342. The number of ether oxygens (including phenoxy) is 3. The monoisotopic (exact) mass is 566 g/mol. The Labute approximate surface area is 229 Å². The molecule has 4 rings (SSSR count). The fraction of sp³-hybridized carbons (Fsp3) is 0.615. The lowest BCUT2D eigenvalue weighted by molar-refractivity contribution is -0.110. The maximum Gasteiger partial charge on any atom is 0.407 e. The number of nitrogens with zero attached hydrogens (tertiary/aromatic N) is 1. The van der Waals surface area contributed by atoms with Crippen LogP contribution in [0.4, 0.5) is 10.5 Å². The molecular weight excluding hydrogens is 528 g/mol. The SMILES string of the molecule is CCNC(C)=C1C(=O)Nc2ccc(S(=O)(=O)N(CC(C)C)CC(O)CNC(=O)OC3COC4OCCC34)cc21. The van der Waals surface area contributed by atoms with Crippen molar-refractivity contribution < 1.29 is 37.3 Å². The van der Waals surface area contributed by atoms with Crippen molar-refractivity contribution in [2.24, 2.45) is 11.8 Å². The Balaban J connectivity index is 1.44. The van der Waals surface area contributed by atoms with Crippen molar-refractivity contribution in [3.63, 3.8) is 0 Å². The minimum absolute atomic E-state index is 0.00865. The van der Waals surface area contributed by atoms with E-state index in [2.05, 4.69) is 16.0 Å². The summed E-state index contributed by atoms with van der Waals surface area (Å²) in [5.41, 5.74) is 2.08. The molecule has 2 amide bonds. The highest BCUT2D eigenvalue weighted by Crippen LogP contribution is 2.36. The van der Waals surface area contributed by atoms with Gasteiger partial charge >= 0.3 is 6.09 Å². The second-order valence-corrected chi connectivity index (χ2v) is 12.3. The van der Waals surface area contributed by atoms with Crippen molar-refractivity contribution in [2.45, 2.75) is 57.5 Å². The van der Waals surface area contributed by atoms with Crippen LogP contribution in [0.5, 0.6) is 0 Å². The van der Waals surface area contributed by atoms with Crippen LogP contribution in [0.3, 0.4) is 0 Å². The van der Waals surface area contributed by atoms with E-state index in [0.29, 0.717) is 35.7 Å². The zero-order chi connectivity index (χ0) is 28.3. The molecule has 12 nitrogen and oxygen atoms in total. The molecule has 3 aliphatic heterocycles. The second kappa shape index (κ2) is 12.2. The summed E-state index contributed by atoms with van der Waals surface area (Å²) in [6.45, 7) is 8.57. The summed E-state index contributed by atoms with van der Waals surface area (Å²) in [6, 6.07) is 4.50. The number of carbonyl (C=O) groups excluding carboxylic acids is 2. The van der Waals surface area contributed by atoms with Gasteiger partial charge in [0.25, 0.3) is 5.91 Å². The maximum atomic E-state index is 13.7. The number of aliphatic hydroxyl groups excluding tert-OH is 1. The maximum absolute atomic E-state index is 13.7. The van der Waals surface area contributed by atoms with Gasteiger partial charge in [-0.1, -0.05) is 13.8 Å². The van der Waals surface area contributed by atoms with Gasteiger partial charge in [0.05, 0.1) is 35.7 Å². The summed E-state index contributed by atoms with van der Waals surface area (Å²) in [4.78, 5) is 24.9. The number of nitrogens with one attached hydrogen (secondary N) is 3. The highest BCUT2D eigenvalue weighted by Gasteiger charge is 2.44. The molecule has 0 bridgehead atoms. The van der Waals surface area contributed by atoms with Crippen molar-refractivity contribution in [3.05, 3.63) is 29.5 Å². The number of allylic oxidation sites excluding steroid dienone is 1. The number of hydrogen-bond donors (Lipinski definition) is 4. The quantitative estimate of drug-likeness (QED) is 0.291. The molecule has 0 spiro atoms. The Morgan fingerprint density at radius 3 is 2.74 bits per heavy atom. The summed E-state index contributed by atoms with van der Waals surface area (Å²) < 4.78 is 44.9. The molecule has 4 unspecified atom stereocenters. The standard InChI is InChI=1S/C26H38N4O8S/c1-5-27-16(4)23-20-10-18(6-7-21(20)29-24(23)32)39(34,35)30(12-15(2)3)13-17(31)11-28-26(33)38-22-14-37-25-19(22)8-9-36-25/h6-7,10,15,17,19,22,25,27,31H,5,8-9,11-14H2,1-4H3,(H,28,33)(H,29,32). The number of fused-ring (bicyclic) bond motifs is 2. The molecule has 2 saturated heterocycles. The van der Waals surface area contributed by atoms with E-state index in [-0.39, 0.29) is 55.2 Å². The molecule has 3 aliphatic rings. The lowest BCUT2D eigenvalue weighted by Crippen LogP contribution is -2.44. The molecule has 3 heterocycles. The topological polar surface area (TPSA) is 156 Å². The summed E-state index contributed by atoms with van der Waals surface area (Å²) in [7, 11) is -4.04. The van der Waals surface area contributed by atoms with Crippen molar-refractivity contribution in [1.29, 1.82) is 0 Å². The molecule has 4 atom stereocenters. The number of hydrogen-bond acceptors (Lipinski definition) is 9. The predicted octanol–water partition coefficient (Wildman–Crippen LogP) is 1.47. The van der Waals surface area contributed by atoms with Crippen LogP contribution >= 0.6 is 0 Å². The molecule has 0 radical (unpaired) electrons. The van der Waals surface area contributed by atoms with Crippen LogP contribution in [0.2, 0.25) is 0 Å². The third-order valence-electron chi connectivity index (χ3n) is 6.90. The number of benzene rings is 1. The van der Waals surface area contributed by atoms with E-state index in [9.17, 15) is 23.1 Å². The highest BCUT2D eigenvalue weighted by atomic mass is 32.2. The summed E-state index contributed by atoms with van der Waals surface area (Å²) in [6.07, 6.45) is -1.93. The van der Waals surface area contributed by atoms with E-state index in [4.69, 9.17) is 14.2 Å². The predicted molar refractivity (Wildman–Crippen MR) is 143 cm³/mol. The van der Waals surface area contributed by atoms with Crippen LogP contribution in [-0.4, -0.2) is 87.7 Å². The van der Waals surface area contributed by atoms with Crippen LogP contribution in [0, 0.1) is 11.8 Å². The molecule has 13 heteroatoms. The van der Waals surface area contributed by atoms with Crippen LogP contribution in [0.1, 0.15) is 39.7 Å². The Morgan fingerprint density at radius 2 is 2.03 bits per heavy atom. The van der Waals surface area contributed by atoms with E-state index < -0.39 is 28.3 Å². The molecule has 0 aromatic heterocycles. The molecule has 1 aromatic rings. The zero-order valence-corrected chi connectivity index (χ0v) is 23.5. The Kier molecular flexibility index (Phi) is 9.17. The van der Waals surface area contributed by atoms with Crippen LogP contribution < -0.4 is 16.0 Å². The van der Waals surface area contributed by atoms with Crippen molar-refractivity contribution in [1.82, 2.24) is 14.9 Å². The van der Waals surface area contributed by atoms with Crippen LogP contribution in [0.15, 0.2) is 28.8 Å². The fourth-order valence-corrected chi connectivity index (χ4v) is 6.75. The Morgan fingerprint density at radius 1 is 1.26 bits per heavy atom. The molecular formula is C26H38N4O8S. The summed E-state index contributed by atoms with van der Waals surface area (Å²) in [5, 5.41) is 19.1. The normalized spacial score (nSPS) is 24.4. The van der Waals surface area contributed by atoms with Crippen molar-refractivity contribution >= 4 is 33.3 Å². The Bertz CT molecular complexity index is 1220. The van der Waals surface area contributed by atoms with Gasteiger partial charge in [0.2, 0.25) is 10.0 Å². The molecule has 216 valence electrons. The van der Waals surface area contributed by atoms with Crippen molar-refractivity contribution in [2.75, 3.05) is 44.7 Å². The van der Waals surface area contributed by atoms with Gasteiger partial charge in [-0.3, -0.25) is 4.79 Å². The molecule has 39 heavy (non-hydrogen) atoms. The number of anilines is 1. The molecule has 0 saturated carbocycles. The summed E-state index contributed by atoms with van der Waals surface area (Å²) >= 11 is 0. The minimum Gasteiger partial charge on any atom is -0.443 e. The lowest BCUT2D eigenvalue weighted by Gasteiger charge is -2.26. The van der Waals surface area contributed by atoms with Gasteiger partial charge in [-0.2, -0.15) is 4.31 Å². The number of rotatable bonds is 11. The first-order valence-corrected chi connectivity index (χ1v) is 14.7. The van der Waals surface area contributed by atoms with Gasteiger partial charge in [0, 0.05) is 43.1 Å². The molecule has 0 aliphatic carbocycles. The van der Waals surface area contributed by atoms with Crippen LogP contribution in [0.25, 0.3) is 5.57 Å². The minimum atomic E-state index is -4.04. The highest BCUT2D eigenvalue weighted by molar-refractivity contribution is 7.89. The van der Waals surface area contributed by atoms with Gasteiger partial charge in [-0.05, 0) is 44.4 Å². The molecule has 1 aromatic carbocycles. The van der Waals surface area contributed by atoms with E-state index in [1.165, 1.54) is 16.4 Å². The van der Waals surface area contributed by atoms with Gasteiger partial charge in [0.1, 0.15) is 6.10 Å². The number of aliphatic hydroxyl groups is 1. The first kappa shape index (κ1) is 29.3. The van der Waals surface area contributed by atoms with Gasteiger partial charge < -0.3 is 35.3 Å². The average molecular weight is 567 g/mol. The van der Waals surface area contributed by atoms with E-state index in [1.54, 1.807) is 13.0 Å². The first-order valence-electron chi connectivity index (χ1n) is 13.3. The van der Waals surface area contributed by atoms with Gasteiger partial charge in [0.15, 0.2) is 6.29 Å². The number of alkyl carbamates (subject to hydrolysis) is 1. The largest absolute Gasteiger partial charge is 0.443 e. The van der Waals surface area contributed by atoms with E-state index >= 15 is 0 Å². The van der Waals surface area contributed by atoms with Gasteiger partial charge in [-0.25, -0.2) is 13.2 Å². The van der Waals surface area contributed by atoms with Crippen LogP contribution in [-0.2, 0) is 29.0 Å². The number of sulfonamides is 1. The number of carbonyl (C=O) groups is 2. The zero-order valence-electron chi connectivity index (χ0n) is 22.7. The van der Waals surface area contributed by atoms with E-state index in [0.717, 1.165) is 6.42 Å². The third kappa shape index (κ3) is 6.55. The molecule has 2 fully saturated rings. The number of amides is 2. The Hall–Kier alpha value is -2.71. The fourth-order valence-electron chi connectivity index (χ4n) is 5.09. The van der Waals surface area contributed by atoms with E-state index in [1.807, 2.05) is 20.8 Å². The second-order valence-electron chi connectivity index (χ2n) is 10.4. The molecule has 4 N–H and O–H groups in total. The van der Waals surface area contributed by atoms with Crippen molar-refractivity contribution in [3.8, 4) is 0 Å².